The first kappa shape index (κ1) is 20.4. The van der Waals surface area contributed by atoms with E-state index in [1.54, 1.807) is 37.5 Å². The second-order valence-electron chi connectivity index (χ2n) is 6.52. The topological polar surface area (TPSA) is 112 Å². The molecule has 3 aromatic rings. The number of fused-ring (bicyclic) bond motifs is 1. The molecule has 1 atom stereocenters. The number of halogens is 1. The summed E-state index contributed by atoms with van der Waals surface area (Å²) in [6.45, 7) is 0.413. The summed E-state index contributed by atoms with van der Waals surface area (Å²) in [4.78, 5) is 31.1. The number of pyridine rings is 1. The lowest BCUT2D eigenvalue weighted by Crippen LogP contribution is -2.21. The molecule has 29 heavy (non-hydrogen) atoms. The predicted molar refractivity (Wildman–Crippen MR) is 111 cm³/mol. The standard InChI is InChI=1S/C21H19ClN4O3/c1-26(12-27)8-7-15(28)6-5-13-3-2-4-14(9-13)18-10-16-17(22)11-24-19(16)20(25-18)21(23)29/h2-4,9-12,15,24,28H,7-8H2,1H3,(H2,23,29). The molecule has 148 valence electrons. The lowest BCUT2D eigenvalue weighted by Gasteiger charge is -2.10. The van der Waals surface area contributed by atoms with Gasteiger partial charge in [0.2, 0.25) is 6.41 Å². The number of rotatable bonds is 6. The Labute approximate surface area is 172 Å². The van der Waals surface area contributed by atoms with Gasteiger partial charge in [0.1, 0.15) is 6.10 Å². The van der Waals surface area contributed by atoms with Gasteiger partial charge in [0.05, 0.1) is 16.2 Å². The summed E-state index contributed by atoms with van der Waals surface area (Å²) in [6.07, 6.45) is 1.78. The van der Waals surface area contributed by atoms with E-state index in [9.17, 15) is 14.7 Å². The van der Waals surface area contributed by atoms with Crippen LogP contribution >= 0.6 is 11.6 Å². The highest BCUT2D eigenvalue weighted by molar-refractivity contribution is 6.36. The van der Waals surface area contributed by atoms with Crippen molar-refractivity contribution in [1.82, 2.24) is 14.9 Å². The zero-order valence-electron chi connectivity index (χ0n) is 15.6. The van der Waals surface area contributed by atoms with E-state index in [0.29, 0.717) is 46.6 Å². The molecule has 1 aromatic carbocycles. The van der Waals surface area contributed by atoms with Gasteiger partial charge in [-0.05, 0) is 18.2 Å². The maximum absolute atomic E-state index is 11.8. The van der Waals surface area contributed by atoms with Crippen molar-refractivity contribution >= 4 is 34.8 Å². The fourth-order valence-electron chi connectivity index (χ4n) is 2.79. The molecule has 0 bridgehead atoms. The Balaban J connectivity index is 1.90. The minimum Gasteiger partial charge on any atom is -0.380 e. The number of aliphatic hydroxyl groups excluding tert-OH is 1. The van der Waals surface area contributed by atoms with Crippen LogP contribution < -0.4 is 5.73 Å². The number of aliphatic hydroxyl groups is 1. The molecule has 4 N–H and O–H groups in total. The molecule has 2 heterocycles. The minimum atomic E-state index is -0.851. The maximum atomic E-state index is 11.8. The highest BCUT2D eigenvalue weighted by Crippen LogP contribution is 2.29. The van der Waals surface area contributed by atoms with Gasteiger partial charge in [-0.3, -0.25) is 9.59 Å². The molecule has 0 fully saturated rings. The summed E-state index contributed by atoms with van der Waals surface area (Å²) < 4.78 is 0. The highest BCUT2D eigenvalue weighted by Gasteiger charge is 2.15. The van der Waals surface area contributed by atoms with Crippen LogP contribution in [0.3, 0.4) is 0 Å². The van der Waals surface area contributed by atoms with Crippen LogP contribution in [0.2, 0.25) is 5.02 Å². The van der Waals surface area contributed by atoms with Gasteiger partial charge in [-0.25, -0.2) is 4.98 Å². The molecule has 0 aliphatic rings. The van der Waals surface area contributed by atoms with Crippen LogP contribution in [0, 0.1) is 11.8 Å². The van der Waals surface area contributed by atoms with Gasteiger partial charge in [0.25, 0.3) is 5.91 Å². The Morgan fingerprint density at radius 3 is 2.97 bits per heavy atom. The van der Waals surface area contributed by atoms with Crippen LogP contribution in [0.5, 0.6) is 0 Å². The van der Waals surface area contributed by atoms with E-state index >= 15 is 0 Å². The molecule has 0 spiro atoms. The number of hydrogen-bond donors (Lipinski definition) is 3. The SMILES string of the molecule is CN(C=O)CCC(O)C#Cc1cccc(-c2cc3c(Cl)c[nH]c3c(C(N)=O)n2)c1. The van der Waals surface area contributed by atoms with Crippen molar-refractivity contribution in [2.24, 2.45) is 5.73 Å². The number of nitrogens with two attached hydrogens (primary N) is 1. The van der Waals surface area contributed by atoms with Gasteiger partial charge in [-0.15, -0.1) is 0 Å². The molecule has 7 nitrogen and oxygen atoms in total. The van der Waals surface area contributed by atoms with Crippen molar-refractivity contribution in [3.8, 4) is 23.1 Å². The predicted octanol–water partition coefficient (Wildman–Crippen LogP) is 2.17. The number of aromatic nitrogens is 2. The van der Waals surface area contributed by atoms with Crippen molar-refractivity contribution in [2.75, 3.05) is 13.6 Å². The summed E-state index contributed by atoms with van der Waals surface area (Å²) in [5, 5.41) is 11.1. The van der Waals surface area contributed by atoms with Crippen molar-refractivity contribution in [3.63, 3.8) is 0 Å². The Morgan fingerprint density at radius 2 is 2.24 bits per heavy atom. The van der Waals surface area contributed by atoms with Crippen LogP contribution in [0.4, 0.5) is 0 Å². The molecule has 2 aromatic heterocycles. The van der Waals surface area contributed by atoms with E-state index < -0.39 is 12.0 Å². The third kappa shape index (κ3) is 4.74. The summed E-state index contributed by atoms with van der Waals surface area (Å²) in [6, 6.07) is 9.02. The number of aromatic amines is 1. The first-order chi connectivity index (χ1) is 13.9. The van der Waals surface area contributed by atoms with Gasteiger partial charge in [0.15, 0.2) is 5.69 Å². The Kier molecular flexibility index (Phi) is 6.17. The fraction of sp³-hybridized carbons (Fsp3) is 0.190. The average Bonchev–Trinajstić information content (AvgIpc) is 3.10. The van der Waals surface area contributed by atoms with Gasteiger partial charge in [-0.2, -0.15) is 0 Å². The van der Waals surface area contributed by atoms with Crippen LogP contribution in [0.1, 0.15) is 22.5 Å². The van der Waals surface area contributed by atoms with E-state index in [0.717, 1.165) is 5.56 Å². The van der Waals surface area contributed by atoms with Crippen LogP contribution in [0.25, 0.3) is 22.2 Å². The molecule has 3 rings (SSSR count). The minimum absolute atomic E-state index is 0.107. The second kappa shape index (κ2) is 8.78. The molecular formula is C21H19ClN4O3. The summed E-state index contributed by atoms with van der Waals surface area (Å²) >= 11 is 6.20. The van der Waals surface area contributed by atoms with Crippen LogP contribution in [0.15, 0.2) is 36.5 Å². The molecule has 8 heteroatoms. The number of amides is 2. The molecule has 0 saturated carbocycles. The number of hydrogen-bond acceptors (Lipinski definition) is 4. The third-order valence-corrected chi connectivity index (χ3v) is 4.64. The van der Waals surface area contributed by atoms with E-state index in [4.69, 9.17) is 17.3 Å². The molecular weight excluding hydrogens is 392 g/mol. The summed E-state index contributed by atoms with van der Waals surface area (Å²) in [7, 11) is 1.64. The van der Waals surface area contributed by atoms with Crippen LogP contribution in [-0.2, 0) is 4.79 Å². The molecule has 2 amide bonds. The van der Waals surface area contributed by atoms with Gasteiger partial charge in [-0.1, -0.05) is 35.6 Å². The number of nitrogens with zero attached hydrogens (tertiary/aromatic N) is 2. The van der Waals surface area contributed by atoms with E-state index in [1.165, 1.54) is 4.90 Å². The van der Waals surface area contributed by atoms with Gasteiger partial charge >= 0.3 is 0 Å². The zero-order valence-corrected chi connectivity index (χ0v) is 16.4. The largest absolute Gasteiger partial charge is 0.380 e. The van der Waals surface area contributed by atoms with Crippen molar-refractivity contribution in [2.45, 2.75) is 12.5 Å². The van der Waals surface area contributed by atoms with Crippen molar-refractivity contribution in [1.29, 1.82) is 0 Å². The lowest BCUT2D eigenvalue weighted by atomic mass is 10.1. The summed E-state index contributed by atoms with van der Waals surface area (Å²) in [5.41, 5.74) is 8.00. The molecule has 0 radical (unpaired) electrons. The Morgan fingerprint density at radius 1 is 1.45 bits per heavy atom. The quantitative estimate of drug-likeness (QED) is 0.427. The lowest BCUT2D eigenvalue weighted by molar-refractivity contribution is -0.117. The molecule has 1 unspecified atom stereocenters. The normalized spacial score (nSPS) is 11.6. The van der Waals surface area contributed by atoms with Crippen molar-refractivity contribution in [3.05, 3.63) is 52.8 Å². The first-order valence-electron chi connectivity index (χ1n) is 8.82. The number of carbonyl (C=O) groups is 2. The van der Waals surface area contributed by atoms with E-state index in [2.05, 4.69) is 21.8 Å². The smallest absolute Gasteiger partial charge is 0.269 e. The number of carbonyl (C=O) groups excluding carboxylic acids is 2. The number of H-pyrrole nitrogens is 1. The monoisotopic (exact) mass is 410 g/mol. The molecule has 0 aliphatic heterocycles. The fourth-order valence-corrected chi connectivity index (χ4v) is 3.00. The first-order valence-corrected chi connectivity index (χ1v) is 9.20. The van der Waals surface area contributed by atoms with Crippen molar-refractivity contribution < 1.29 is 14.7 Å². The van der Waals surface area contributed by atoms with Gasteiger partial charge in [0, 0.05) is 42.7 Å². The van der Waals surface area contributed by atoms with Crippen LogP contribution in [-0.4, -0.2) is 52.0 Å². The van der Waals surface area contributed by atoms with E-state index in [1.807, 2.05) is 6.07 Å². The average molecular weight is 411 g/mol. The molecule has 0 saturated heterocycles. The summed E-state index contributed by atoms with van der Waals surface area (Å²) in [5.74, 6) is 5.02. The Hall–Kier alpha value is -3.34. The Bertz CT molecular complexity index is 1130. The number of primary amides is 1. The second-order valence-corrected chi connectivity index (χ2v) is 6.93. The molecule has 0 aliphatic carbocycles. The third-order valence-electron chi connectivity index (χ3n) is 4.33. The number of nitrogens with one attached hydrogen (secondary N) is 1. The highest BCUT2D eigenvalue weighted by atomic mass is 35.5. The van der Waals surface area contributed by atoms with E-state index in [-0.39, 0.29) is 5.69 Å². The zero-order chi connectivity index (χ0) is 21.0. The van der Waals surface area contributed by atoms with Gasteiger partial charge < -0.3 is 20.7 Å². The maximum Gasteiger partial charge on any atom is 0.269 e. The number of benzene rings is 1.